The van der Waals surface area contributed by atoms with Crippen LogP contribution in [0, 0.1) is 5.92 Å². The van der Waals surface area contributed by atoms with Crippen LogP contribution < -0.4 is 10.1 Å². The number of hydrogen-bond acceptors (Lipinski definition) is 5. The Bertz CT molecular complexity index is 711. The maximum absolute atomic E-state index is 12.4. The third-order valence-electron chi connectivity index (χ3n) is 4.55. The summed E-state index contributed by atoms with van der Waals surface area (Å²) < 4.78 is 5.41. The quantitative estimate of drug-likeness (QED) is 0.681. The zero-order valence-electron chi connectivity index (χ0n) is 15.3. The molecule has 2 aromatic rings. The number of nitrogens with one attached hydrogen (secondary N) is 2. The van der Waals surface area contributed by atoms with E-state index in [1.807, 2.05) is 38.1 Å². The second-order valence-electron chi connectivity index (χ2n) is 6.63. The van der Waals surface area contributed by atoms with Crippen LogP contribution in [0.3, 0.4) is 0 Å². The zero-order chi connectivity index (χ0) is 18.4. The summed E-state index contributed by atoms with van der Waals surface area (Å²) in [6, 6.07) is 7.38. The Morgan fingerprint density at radius 2 is 2.08 bits per heavy atom. The molecule has 26 heavy (non-hydrogen) atoms. The van der Waals surface area contributed by atoms with Crippen molar-refractivity contribution >= 4 is 23.4 Å². The van der Waals surface area contributed by atoms with Gasteiger partial charge in [-0.15, -0.1) is 5.10 Å². The number of ether oxygens (including phenoxy) is 1. The Balaban J connectivity index is 1.49. The monoisotopic (exact) mass is 374 g/mol. The van der Waals surface area contributed by atoms with Crippen molar-refractivity contribution in [2.45, 2.75) is 56.4 Å². The van der Waals surface area contributed by atoms with Crippen LogP contribution in [0.4, 0.5) is 5.69 Å². The standard InChI is InChI=1S/C19H26N4O2S/c1-3-25-16-10-8-15(9-11-16)20-18(24)13(2)26-19-21-17(22-23-19)12-14-6-4-5-7-14/h8-11,13-14H,3-7,12H2,1-2H3,(H,20,24)(H,21,22,23). The van der Waals surface area contributed by atoms with E-state index in [1.165, 1.54) is 37.4 Å². The molecule has 1 saturated carbocycles. The minimum atomic E-state index is -0.281. The van der Waals surface area contributed by atoms with Crippen molar-refractivity contribution in [2.24, 2.45) is 5.92 Å². The Kier molecular flexibility index (Phi) is 6.55. The number of rotatable bonds is 8. The van der Waals surface area contributed by atoms with Gasteiger partial charge in [-0.1, -0.05) is 37.4 Å². The number of carbonyl (C=O) groups excluding carboxylic acids is 1. The lowest BCUT2D eigenvalue weighted by atomic mass is 10.0. The van der Waals surface area contributed by atoms with Crippen molar-refractivity contribution in [2.75, 3.05) is 11.9 Å². The summed E-state index contributed by atoms with van der Waals surface area (Å²) in [6.45, 7) is 4.43. The van der Waals surface area contributed by atoms with Crippen molar-refractivity contribution in [1.29, 1.82) is 0 Å². The molecule has 1 fully saturated rings. The SMILES string of the molecule is CCOc1ccc(NC(=O)C(C)Sc2n[nH]c(CC3CCCC3)n2)cc1. The Morgan fingerprint density at radius 1 is 1.35 bits per heavy atom. The van der Waals surface area contributed by atoms with Crippen molar-refractivity contribution in [1.82, 2.24) is 15.2 Å². The maximum atomic E-state index is 12.4. The van der Waals surface area contributed by atoms with Crippen LogP contribution in [-0.4, -0.2) is 32.9 Å². The minimum Gasteiger partial charge on any atom is -0.494 e. The topological polar surface area (TPSA) is 79.9 Å². The molecule has 140 valence electrons. The van der Waals surface area contributed by atoms with Gasteiger partial charge in [-0.3, -0.25) is 9.89 Å². The van der Waals surface area contributed by atoms with Gasteiger partial charge in [0.25, 0.3) is 0 Å². The van der Waals surface area contributed by atoms with E-state index in [0.29, 0.717) is 11.8 Å². The molecule has 0 saturated heterocycles. The molecule has 1 atom stereocenters. The first-order valence-corrected chi connectivity index (χ1v) is 10.1. The highest BCUT2D eigenvalue weighted by Gasteiger charge is 2.20. The number of amides is 1. The Labute approximate surface area is 158 Å². The first kappa shape index (κ1) is 18.8. The third kappa shape index (κ3) is 5.24. The molecule has 1 aliphatic carbocycles. The third-order valence-corrected chi connectivity index (χ3v) is 5.51. The van der Waals surface area contributed by atoms with Crippen LogP contribution in [0.1, 0.15) is 45.4 Å². The predicted molar refractivity (Wildman–Crippen MR) is 104 cm³/mol. The van der Waals surface area contributed by atoms with Gasteiger partial charge in [-0.2, -0.15) is 0 Å². The largest absolute Gasteiger partial charge is 0.494 e. The number of aromatic amines is 1. The molecular formula is C19H26N4O2S. The first-order valence-electron chi connectivity index (χ1n) is 9.25. The van der Waals surface area contributed by atoms with E-state index in [1.54, 1.807) is 0 Å². The van der Waals surface area contributed by atoms with Crippen molar-refractivity contribution in [3.63, 3.8) is 0 Å². The van der Waals surface area contributed by atoms with E-state index >= 15 is 0 Å². The van der Waals surface area contributed by atoms with Gasteiger partial charge < -0.3 is 10.1 Å². The molecule has 1 unspecified atom stereocenters. The molecule has 0 bridgehead atoms. The second kappa shape index (κ2) is 9.07. The van der Waals surface area contributed by atoms with Gasteiger partial charge in [-0.25, -0.2) is 4.98 Å². The Hall–Kier alpha value is -2.02. The Morgan fingerprint density at radius 3 is 2.77 bits per heavy atom. The number of anilines is 1. The molecule has 1 amide bonds. The molecule has 1 aromatic carbocycles. The molecule has 1 aliphatic rings. The lowest BCUT2D eigenvalue weighted by Crippen LogP contribution is -2.22. The zero-order valence-corrected chi connectivity index (χ0v) is 16.1. The highest BCUT2D eigenvalue weighted by molar-refractivity contribution is 8.00. The normalized spacial score (nSPS) is 15.8. The van der Waals surface area contributed by atoms with Crippen molar-refractivity contribution in [3.8, 4) is 5.75 Å². The summed E-state index contributed by atoms with van der Waals surface area (Å²) in [5.74, 6) is 2.38. The van der Waals surface area contributed by atoms with Crippen LogP contribution in [0.5, 0.6) is 5.75 Å². The van der Waals surface area contributed by atoms with Gasteiger partial charge in [0.15, 0.2) is 0 Å². The summed E-state index contributed by atoms with van der Waals surface area (Å²) in [7, 11) is 0. The van der Waals surface area contributed by atoms with Crippen molar-refractivity contribution in [3.05, 3.63) is 30.1 Å². The van der Waals surface area contributed by atoms with Crippen LogP contribution in [0.15, 0.2) is 29.4 Å². The number of benzene rings is 1. The molecule has 1 heterocycles. The smallest absolute Gasteiger partial charge is 0.237 e. The number of thioether (sulfide) groups is 1. The van der Waals surface area contributed by atoms with E-state index in [2.05, 4.69) is 20.5 Å². The van der Waals surface area contributed by atoms with Gasteiger partial charge in [0.05, 0.1) is 11.9 Å². The van der Waals surface area contributed by atoms with Crippen LogP contribution in [-0.2, 0) is 11.2 Å². The summed E-state index contributed by atoms with van der Waals surface area (Å²) in [4.78, 5) is 16.9. The predicted octanol–water partition coefficient (Wildman–Crippen LogP) is 4.06. The average molecular weight is 375 g/mol. The van der Waals surface area contributed by atoms with Crippen LogP contribution in [0.2, 0.25) is 0 Å². The number of nitrogens with zero attached hydrogens (tertiary/aromatic N) is 2. The molecule has 7 heteroatoms. The van der Waals surface area contributed by atoms with Gasteiger partial charge in [0.2, 0.25) is 11.1 Å². The minimum absolute atomic E-state index is 0.0682. The first-order chi connectivity index (χ1) is 12.6. The number of H-pyrrole nitrogens is 1. The molecule has 3 rings (SSSR count). The summed E-state index contributed by atoms with van der Waals surface area (Å²) in [5.41, 5.74) is 0.753. The number of aromatic nitrogens is 3. The molecular weight excluding hydrogens is 348 g/mol. The summed E-state index contributed by atoms with van der Waals surface area (Å²) in [5, 5.41) is 10.5. The maximum Gasteiger partial charge on any atom is 0.237 e. The molecule has 2 N–H and O–H groups in total. The lowest BCUT2D eigenvalue weighted by molar-refractivity contribution is -0.115. The molecule has 0 radical (unpaired) electrons. The fourth-order valence-electron chi connectivity index (χ4n) is 3.17. The van der Waals surface area contributed by atoms with E-state index < -0.39 is 0 Å². The fraction of sp³-hybridized carbons (Fsp3) is 0.526. The van der Waals surface area contributed by atoms with E-state index in [0.717, 1.165) is 29.6 Å². The fourth-order valence-corrected chi connectivity index (χ4v) is 3.91. The van der Waals surface area contributed by atoms with Crippen molar-refractivity contribution < 1.29 is 9.53 Å². The van der Waals surface area contributed by atoms with Gasteiger partial charge in [-0.05, 0) is 44.0 Å². The van der Waals surface area contributed by atoms with Gasteiger partial charge >= 0.3 is 0 Å². The van der Waals surface area contributed by atoms with Gasteiger partial charge in [0.1, 0.15) is 11.6 Å². The summed E-state index contributed by atoms with van der Waals surface area (Å²) >= 11 is 1.37. The second-order valence-corrected chi connectivity index (χ2v) is 7.93. The molecule has 6 nitrogen and oxygen atoms in total. The molecule has 0 aliphatic heterocycles. The van der Waals surface area contributed by atoms with Crippen LogP contribution >= 0.6 is 11.8 Å². The van der Waals surface area contributed by atoms with E-state index in [4.69, 9.17) is 4.74 Å². The highest BCUT2D eigenvalue weighted by Crippen LogP contribution is 2.28. The highest BCUT2D eigenvalue weighted by atomic mass is 32.2. The average Bonchev–Trinajstić information content (AvgIpc) is 3.29. The number of carbonyl (C=O) groups is 1. The van der Waals surface area contributed by atoms with E-state index in [9.17, 15) is 4.79 Å². The number of hydrogen-bond donors (Lipinski definition) is 2. The molecule has 1 aromatic heterocycles. The summed E-state index contributed by atoms with van der Waals surface area (Å²) in [6.07, 6.45) is 6.17. The molecule has 0 spiro atoms. The van der Waals surface area contributed by atoms with E-state index in [-0.39, 0.29) is 11.2 Å². The van der Waals surface area contributed by atoms with Gasteiger partial charge in [0, 0.05) is 12.1 Å². The lowest BCUT2D eigenvalue weighted by Gasteiger charge is -2.11. The van der Waals surface area contributed by atoms with Crippen LogP contribution in [0.25, 0.3) is 0 Å².